The van der Waals surface area contributed by atoms with Gasteiger partial charge in [0, 0.05) is 17.2 Å². The quantitative estimate of drug-likeness (QED) is 0.770. The molecule has 1 aliphatic heterocycles. The van der Waals surface area contributed by atoms with Crippen LogP contribution in [0, 0.1) is 6.92 Å². The Hall–Kier alpha value is -0.960. The average Bonchev–Trinajstić information content (AvgIpc) is 2.71. The molecule has 1 atom stereocenters. The first kappa shape index (κ1) is 10.6. The Labute approximate surface area is 92.9 Å². The van der Waals surface area contributed by atoms with Gasteiger partial charge < -0.3 is 0 Å². The Kier molecular flexibility index (Phi) is 3.31. The average molecular weight is 221 g/mol. The van der Waals surface area contributed by atoms with Gasteiger partial charge in [0.05, 0.1) is 16.6 Å². The van der Waals surface area contributed by atoms with Crippen molar-refractivity contribution in [1.29, 1.82) is 0 Å². The van der Waals surface area contributed by atoms with E-state index in [9.17, 15) is 4.21 Å². The molecule has 15 heavy (non-hydrogen) atoms. The van der Waals surface area contributed by atoms with Gasteiger partial charge in [-0.1, -0.05) is 17.7 Å². The molecular formula is C12H15NOS. The van der Waals surface area contributed by atoms with Crippen molar-refractivity contribution in [2.24, 2.45) is 4.99 Å². The predicted molar refractivity (Wildman–Crippen MR) is 64.0 cm³/mol. The van der Waals surface area contributed by atoms with Crippen LogP contribution in [-0.4, -0.2) is 22.2 Å². The van der Waals surface area contributed by atoms with Crippen LogP contribution in [0.15, 0.2) is 34.2 Å². The van der Waals surface area contributed by atoms with Crippen molar-refractivity contribution in [3.63, 3.8) is 0 Å². The molecule has 80 valence electrons. The number of benzene rings is 1. The van der Waals surface area contributed by atoms with E-state index in [1.807, 2.05) is 31.2 Å². The van der Waals surface area contributed by atoms with E-state index in [1.54, 1.807) is 0 Å². The van der Waals surface area contributed by atoms with Crippen molar-refractivity contribution in [3.8, 4) is 0 Å². The number of rotatable bonds is 3. The predicted octanol–water partition coefficient (Wildman–Crippen LogP) is 2.34. The molecule has 0 aliphatic carbocycles. The van der Waals surface area contributed by atoms with Crippen molar-refractivity contribution < 1.29 is 4.21 Å². The zero-order chi connectivity index (χ0) is 10.7. The molecule has 0 radical (unpaired) electrons. The first-order valence-electron chi connectivity index (χ1n) is 5.23. The Bertz CT molecular complexity index is 395. The van der Waals surface area contributed by atoms with Gasteiger partial charge in [-0.05, 0) is 31.9 Å². The minimum atomic E-state index is -0.912. The molecule has 1 aromatic rings. The summed E-state index contributed by atoms with van der Waals surface area (Å²) >= 11 is 0. The second-order valence-electron chi connectivity index (χ2n) is 3.85. The summed E-state index contributed by atoms with van der Waals surface area (Å²) in [4.78, 5) is 5.25. The second kappa shape index (κ2) is 4.71. The van der Waals surface area contributed by atoms with E-state index in [2.05, 4.69) is 4.99 Å². The molecule has 0 saturated heterocycles. The molecule has 1 unspecified atom stereocenters. The number of aryl methyl sites for hydroxylation is 1. The maximum absolute atomic E-state index is 11.9. The van der Waals surface area contributed by atoms with Crippen LogP contribution in [0.1, 0.15) is 18.4 Å². The zero-order valence-corrected chi connectivity index (χ0v) is 9.72. The molecule has 0 spiro atoms. The highest BCUT2D eigenvalue weighted by Crippen LogP contribution is 2.12. The van der Waals surface area contributed by atoms with Gasteiger partial charge in [-0.15, -0.1) is 0 Å². The Morgan fingerprint density at radius 1 is 1.33 bits per heavy atom. The molecule has 0 amide bonds. The summed E-state index contributed by atoms with van der Waals surface area (Å²) in [6, 6.07) is 7.90. The highest BCUT2D eigenvalue weighted by Gasteiger charge is 2.11. The summed E-state index contributed by atoms with van der Waals surface area (Å²) in [5, 5.41) is 0. The Morgan fingerprint density at radius 3 is 2.67 bits per heavy atom. The third-order valence-electron chi connectivity index (χ3n) is 2.54. The normalized spacial score (nSPS) is 17.5. The minimum absolute atomic E-state index is 0.614. The molecule has 1 aromatic carbocycles. The Morgan fingerprint density at radius 2 is 2.07 bits per heavy atom. The van der Waals surface area contributed by atoms with Crippen LogP contribution < -0.4 is 0 Å². The molecule has 2 rings (SSSR count). The third kappa shape index (κ3) is 2.75. The highest BCUT2D eigenvalue weighted by atomic mass is 32.2. The van der Waals surface area contributed by atoms with Crippen LogP contribution in [-0.2, 0) is 10.8 Å². The summed E-state index contributed by atoms with van der Waals surface area (Å²) in [6.07, 6.45) is 2.15. The molecular weight excluding hydrogens is 206 g/mol. The van der Waals surface area contributed by atoms with Gasteiger partial charge in [-0.25, -0.2) is 0 Å². The Balaban J connectivity index is 2.04. The lowest BCUT2D eigenvalue weighted by Crippen LogP contribution is -2.08. The van der Waals surface area contributed by atoms with E-state index >= 15 is 0 Å². The van der Waals surface area contributed by atoms with Gasteiger partial charge in [0.15, 0.2) is 0 Å². The fourth-order valence-corrected chi connectivity index (χ4v) is 2.79. The third-order valence-corrected chi connectivity index (χ3v) is 3.93. The second-order valence-corrected chi connectivity index (χ2v) is 5.31. The highest BCUT2D eigenvalue weighted by molar-refractivity contribution is 7.85. The van der Waals surface area contributed by atoms with E-state index in [1.165, 1.54) is 5.56 Å². The van der Waals surface area contributed by atoms with E-state index in [4.69, 9.17) is 0 Å². The number of aliphatic imine (C=N–C) groups is 1. The van der Waals surface area contributed by atoms with E-state index in [0.29, 0.717) is 5.75 Å². The molecule has 0 N–H and O–H groups in total. The minimum Gasteiger partial charge on any atom is -0.293 e. The van der Waals surface area contributed by atoms with Crippen LogP contribution in [0.3, 0.4) is 0 Å². The SMILES string of the molecule is Cc1ccc(S(=O)CC2=NCCC2)cc1. The lowest BCUT2D eigenvalue weighted by molar-refractivity contribution is 0.685. The molecule has 0 saturated carbocycles. The first-order valence-corrected chi connectivity index (χ1v) is 6.55. The number of hydrogen-bond donors (Lipinski definition) is 0. The van der Waals surface area contributed by atoms with Crippen molar-refractivity contribution >= 4 is 16.5 Å². The number of nitrogens with zero attached hydrogens (tertiary/aromatic N) is 1. The summed E-state index contributed by atoms with van der Waals surface area (Å²) in [7, 11) is -0.912. The van der Waals surface area contributed by atoms with E-state index in [0.717, 1.165) is 30.0 Å². The van der Waals surface area contributed by atoms with Crippen LogP contribution in [0.25, 0.3) is 0 Å². The van der Waals surface area contributed by atoms with Crippen LogP contribution in [0.2, 0.25) is 0 Å². The standard InChI is InChI=1S/C12H15NOS/c1-10-4-6-12(7-5-10)15(14)9-11-3-2-8-13-11/h4-7H,2-3,8-9H2,1H3. The van der Waals surface area contributed by atoms with Crippen molar-refractivity contribution in [1.82, 2.24) is 0 Å². The van der Waals surface area contributed by atoms with E-state index in [-0.39, 0.29) is 0 Å². The lowest BCUT2D eigenvalue weighted by atomic mass is 10.2. The van der Waals surface area contributed by atoms with Crippen LogP contribution >= 0.6 is 0 Å². The van der Waals surface area contributed by atoms with Crippen LogP contribution in [0.4, 0.5) is 0 Å². The van der Waals surface area contributed by atoms with Crippen molar-refractivity contribution in [3.05, 3.63) is 29.8 Å². The van der Waals surface area contributed by atoms with Gasteiger partial charge in [0.1, 0.15) is 0 Å². The van der Waals surface area contributed by atoms with Gasteiger partial charge in [0.2, 0.25) is 0 Å². The van der Waals surface area contributed by atoms with Gasteiger partial charge in [-0.3, -0.25) is 9.20 Å². The fourth-order valence-electron chi connectivity index (χ4n) is 1.64. The molecule has 0 bridgehead atoms. The summed E-state index contributed by atoms with van der Waals surface area (Å²) in [6.45, 7) is 2.95. The maximum atomic E-state index is 11.9. The smallest absolute Gasteiger partial charge is 0.0661 e. The molecule has 3 heteroatoms. The van der Waals surface area contributed by atoms with E-state index < -0.39 is 10.8 Å². The maximum Gasteiger partial charge on any atom is 0.0661 e. The van der Waals surface area contributed by atoms with Gasteiger partial charge in [-0.2, -0.15) is 0 Å². The molecule has 0 aromatic heterocycles. The largest absolute Gasteiger partial charge is 0.293 e. The summed E-state index contributed by atoms with van der Waals surface area (Å²) in [5.41, 5.74) is 2.32. The molecule has 1 aliphatic rings. The topological polar surface area (TPSA) is 29.4 Å². The zero-order valence-electron chi connectivity index (χ0n) is 8.90. The van der Waals surface area contributed by atoms with Crippen LogP contribution in [0.5, 0.6) is 0 Å². The summed E-state index contributed by atoms with van der Waals surface area (Å²) in [5.74, 6) is 0.614. The lowest BCUT2D eigenvalue weighted by Gasteiger charge is -2.02. The summed E-state index contributed by atoms with van der Waals surface area (Å²) < 4.78 is 11.9. The van der Waals surface area contributed by atoms with Gasteiger partial charge >= 0.3 is 0 Å². The first-order chi connectivity index (χ1) is 7.25. The molecule has 2 nitrogen and oxygen atoms in total. The molecule has 0 fully saturated rings. The number of hydrogen-bond acceptors (Lipinski definition) is 2. The fraction of sp³-hybridized carbons (Fsp3) is 0.417. The molecule has 1 heterocycles. The van der Waals surface area contributed by atoms with Crippen molar-refractivity contribution in [2.45, 2.75) is 24.7 Å². The van der Waals surface area contributed by atoms with Gasteiger partial charge in [0.25, 0.3) is 0 Å². The van der Waals surface area contributed by atoms with Crippen molar-refractivity contribution in [2.75, 3.05) is 12.3 Å². The monoisotopic (exact) mass is 221 g/mol.